The molecule has 7 heteroatoms. The number of aromatic nitrogens is 4. The minimum atomic E-state index is -3.16. The van der Waals surface area contributed by atoms with Gasteiger partial charge in [0.25, 0.3) is 0 Å². The number of benzene rings is 7. The maximum Gasteiger partial charge on any atom is 0.193 e. The molecule has 0 atom stereocenters. The fourth-order valence-corrected chi connectivity index (χ4v) is 14.4. The molecule has 0 radical (unpaired) electrons. The molecule has 11 aromatic rings. The number of nitrogens with zero attached hydrogens (tertiary/aromatic N) is 4. The quantitative estimate of drug-likeness (QED) is 0.130. The second-order valence-electron chi connectivity index (χ2n) is 14.5. The van der Waals surface area contributed by atoms with E-state index in [4.69, 9.17) is 19.4 Å². The van der Waals surface area contributed by atoms with Gasteiger partial charge in [-0.05, 0) is 69.5 Å². The Kier molecular flexibility index (Phi) is 6.85. The van der Waals surface area contributed by atoms with Crippen molar-refractivity contribution in [1.29, 1.82) is 0 Å². The van der Waals surface area contributed by atoms with Gasteiger partial charge in [-0.3, -0.25) is 8.97 Å². The van der Waals surface area contributed by atoms with Crippen LogP contribution < -0.4 is 30.2 Å². The third-order valence-corrected chi connectivity index (χ3v) is 16.4. The lowest BCUT2D eigenvalue weighted by Gasteiger charge is -2.40. The molecule has 0 saturated carbocycles. The van der Waals surface area contributed by atoms with Gasteiger partial charge in [0.05, 0.1) is 21.9 Å². The van der Waals surface area contributed by atoms with E-state index >= 15 is 0 Å². The van der Waals surface area contributed by atoms with E-state index in [1.165, 1.54) is 15.6 Å². The number of imidazole rings is 1. The molecule has 0 saturated heterocycles. The maximum absolute atomic E-state index is 7.41. The second kappa shape index (κ2) is 12.3. The fraction of sp³-hybridized carbons (Fsp3) is 0. The molecule has 7 aromatic carbocycles. The molecule has 0 fully saturated rings. The summed E-state index contributed by atoms with van der Waals surface area (Å²) in [6.45, 7) is 0. The van der Waals surface area contributed by atoms with Crippen molar-refractivity contribution in [3.8, 4) is 28.8 Å². The highest BCUT2D eigenvalue weighted by atomic mass is 28.3. The zero-order chi connectivity index (χ0) is 37.5. The summed E-state index contributed by atoms with van der Waals surface area (Å²) in [6, 6.07) is 62.2. The summed E-state index contributed by atoms with van der Waals surface area (Å²) in [5.41, 5.74) is 4.00. The molecule has 0 amide bonds. The molecule has 6 nitrogen and oxygen atoms in total. The highest BCUT2D eigenvalue weighted by molar-refractivity contribution is 7.21. The number of para-hydroxylation sites is 3. The number of hydrogen-bond donors (Lipinski definition) is 0. The van der Waals surface area contributed by atoms with Crippen molar-refractivity contribution in [2.75, 3.05) is 0 Å². The van der Waals surface area contributed by atoms with Crippen LogP contribution >= 0.6 is 0 Å². The van der Waals surface area contributed by atoms with E-state index in [-0.39, 0.29) is 0 Å². The van der Waals surface area contributed by atoms with Gasteiger partial charge >= 0.3 is 0 Å². The predicted molar refractivity (Wildman–Crippen MR) is 233 cm³/mol. The fourth-order valence-electron chi connectivity index (χ4n) is 9.33. The van der Waals surface area contributed by atoms with E-state index in [1.807, 2.05) is 30.7 Å². The van der Waals surface area contributed by atoms with Crippen molar-refractivity contribution in [2.45, 2.75) is 0 Å². The first-order valence-electron chi connectivity index (χ1n) is 19.1. The van der Waals surface area contributed by atoms with Gasteiger partial charge in [0.15, 0.2) is 8.07 Å². The predicted octanol–water partition coefficient (Wildman–Crippen LogP) is 9.41. The first kappa shape index (κ1) is 31.8. The summed E-state index contributed by atoms with van der Waals surface area (Å²) in [5, 5.41) is 10.2. The number of pyridine rings is 2. The Morgan fingerprint density at radius 3 is 2.02 bits per heavy atom. The zero-order valence-corrected chi connectivity index (χ0v) is 31.6. The molecule has 5 heterocycles. The largest absolute Gasteiger partial charge is 0.457 e. The Bertz CT molecular complexity index is 3320. The summed E-state index contributed by atoms with van der Waals surface area (Å²) < 4.78 is 19.1. The molecule has 1 aliphatic heterocycles. The van der Waals surface area contributed by atoms with Crippen LogP contribution in [0.15, 0.2) is 195 Å². The maximum atomic E-state index is 7.41. The van der Waals surface area contributed by atoms with E-state index in [0.29, 0.717) is 5.75 Å². The van der Waals surface area contributed by atoms with Gasteiger partial charge < -0.3 is 9.47 Å². The summed E-state index contributed by atoms with van der Waals surface area (Å²) in [7, 11) is -3.16. The molecule has 12 rings (SSSR count). The second-order valence-corrected chi connectivity index (χ2v) is 18.2. The molecule has 0 bridgehead atoms. The van der Waals surface area contributed by atoms with Gasteiger partial charge in [-0.25, -0.2) is 9.97 Å². The highest BCUT2D eigenvalue weighted by Gasteiger charge is 2.51. The van der Waals surface area contributed by atoms with Gasteiger partial charge in [-0.2, -0.15) is 0 Å². The van der Waals surface area contributed by atoms with Crippen LogP contribution in [0.2, 0.25) is 0 Å². The Morgan fingerprint density at radius 2 is 1.23 bits per heavy atom. The first-order valence-corrected chi connectivity index (χ1v) is 21.1. The van der Waals surface area contributed by atoms with Crippen LogP contribution in [0.25, 0.3) is 54.9 Å². The third-order valence-electron chi connectivity index (χ3n) is 11.6. The van der Waals surface area contributed by atoms with Crippen LogP contribution in [0.4, 0.5) is 0 Å². The lowest BCUT2D eigenvalue weighted by Crippen LogP contribution is -2.76. The molecular weight excluding hydrogens is 717 g/mol. The lowest BCUT2D eigenvalue weighted by molar-refractivity contribution is 0.470. The van der Waals surface area contributed by atoms with Crippen molar-refractivity contribution in [1.82, 2.24) is 18.9 Å². The summed E-state index contributed by atoms with van der Waals surface area (Å²) in [4.78, 5) is 9.71. The number of fused-ring (bicyclic) bond motifs is 12. The van der Waals surface area contributed by atoms with E-state index in [2.05, 4.69) is 173 Å². The molecule has 4 aromatic heterocycles. The molecule has 0 unspecified atom stereocenters. The van der Waals surface area contributed by atoms with Crippen molar-refractivity contribution in [3.05, 3.63) is 195 Å². The Labute approximate surface area is 328 Å². The van der Waals surface area contributed by atoms with E-state index in [1.54, 1.807) is 0 Å². The minimum absolute atomic E-state index is 0.715. The molecule has 268 valence electrons. The van der Waals surface area contributed by atoms with Gasteiger partial charge in [-0.15, -0.1) is 0 Å². The molecule has 1 aliphatic rings. The van der Waals surface area contributed by atoms with Crippen molar-refractivity contribution >= 4 is 77.9 Å². The Morgan fingerprint density at radius 1 is 0.526 bits per heavy atom. The lowest BCUT2D eigenvalue weighted by atomic mass is 10.1. The van der Waals surface area contributed by atoms with Crippen molar-refractivity contribution in [2.24, 2.45) is 0 Å². The van der Waals surface area contributed by atoms with Crippen LogP contribution in [0.3, 0.4) is 0 Å². The summed E-state index contributed by atoms with van der Waals surface area (Å²) >= 11 is 0. The number of hydrogen-bond acceptors (Lipinski definition) is 4. The van der Waals surface area contributed by atoms with Gasteiger partial charge in [-0.1, -0.05) is 121 Å². The first-order chi connectivity index (χ1) is 28.3. The van der Waals surface area contributed by atoms with Gasteiger partial charge in [0, 0.05) is 46.0 Å². The van der Waals surface area contributed by atoms with Crippen LogP contribution in [-0.2, 0) is 0 Å². The zero-order valence-electron chi connectivity index (χ0n) is 30.6. The minimum Gasteiger partial charge on any atom is -0.457 e. The van der Waals surface area contributed by atoms with E-state index in [9.17, 15) is 0 Å². The number of rotatable bonds is 5. The normalized spacial score (nSPS) is 13.2. The van der Waals surface area contributed by atoms with Crippen molar-refractivity contribution < 1.29 is 9.47 Å². The molecule has 0 spiro atoms. The standard InChI is InChI=1S/C50H32N4O2Si/c1-3-15-34(16-4-1)57(35-17-5-2-6-18-35)45-24-12-11-23-43(45)56-48-47-38-20-8-10-22-41(38)54(46-25-13-14-28-51-46)42(47)32-44(49(48)57)55-33-26-27-36-37-19-7-9-21-40(37)53-30-29-52-50(53)39(36)31-33/h1-32H. The van der Waals surface area contributed by atoms with Crippen molar-refractivity contribution in [3.63, 3.8) is 0 Å². The summed E-state index contributed by atoms with van der Waals surface area (Å²) in [6.07, 6.45) is 5.74. The summed E-state index contributed by atoms with van der Waals surface area (Å²) in [5.74, 6) is 3.95. The molecule has 57 heavy (non-hydrogen) atoms. The topological polar surface area (TPSA) is 53.6 Å². The molecular formula is C50H32N4O2Si. The number of ether oxygens (including phenoxy) is 2. The van der Waals surface area contributed by atoms with Gasteiger partial charge in [0.2, 0.25) is 0 Å². The van der Waals surface area contributed by atoms with E-state index in [0.717, 1.165) is 77.4 Å². The average Bonchev–Trinajstić information content (AvgIpc) is 3.91. The average molecular weight is 749 g/mol. The Balaban J connectivity index is 1.24. The highest BCUT2D eigenvalue weighted by Crippen LogP contribution is 2.45. The Hall–Kier alpha value is -7.48. The monoisotopic (exact) mass is 748 g/mol. The SMILES string of the molecule is c1ccc([Si]2(c3ccccc3)c3ccccc3Oc3c2c(Oc2ccc4c5ccccc5n5ccnc5c4c2)cc2c3c3ccccc3n2-c2ccccn2)cc1. The molecule has 0 N–H and O–H groups in total. The van der Waals surface area contributed by atoms with Crippen LogP contribution in [0.1, 0.15) is 0 Å². The van der Waals surface area contributed by atoms with Crippen LogP contribution in [0, 0.1) is 0 Å². The smallest absolute Gasteiger partial charge is 0.193 e. The molecule has 0 aliphatic carbocycles. The van der Waals surface area contributed by atoms with E-state index < -0.39 is 8.07 Å². The van der Waals surface area contributed by atoms with Crippen LogP contribution in [0.5, 0.6) is 23.0 Å². The van der Waals surface area contributed by atoms with Gasteiger partial charge in [0.1, 0.15) is 34.5 Å². The third kappa shape index (κ3) is 4.51. The van der Waals surface area contributed by atoms with Crippen LogP contribution in [-0.4, -0.2) is 27.0 Å².